The standard InChI is InChI=1S/4C34H22N2S/c1-3-11-23(12-4-1)25-15-9-16-26(21-25)27-17-10-18-28(22-27)33-35-32(24-13-5-2-6-14-24)31-29-19-7-8-20-30(29)37-34(31)36-33;1-3-10-23(11-4-1)27-14-9-15-28(22-27)24-18-20-26(21-19-24)33-35-32(25-12-5-2-6-13-25)31-29-16-7-8-17-30(29)37-34(31)36-33;1-3-10-23(11-4-1)24-18-20-25(21-19-24)27-14-9-15-28(22-27)33-35-32(26-12-5-2-6-13-26)31-29-16-7-8-17-30(29)37-34(31)36-33;1-3-9-23(10-4-1)24-15-17-25(18-16-24)26-19-21-28(22-20-26)33-35-32(27-11-5-2-6-12-27)31-29-13-7-8-14-30(29)37-34(31)36-33/h4*1-22H. The van der Waals surface area contributed by atoms with Crippen molar-refractivity contribution in [2.24, 2.45) is 0 Å². The molecule has 0 amide bonds. The van der Waals surface area contributed by atoms with E-state index in [1.165, 1.54) is 118 Å². The second-order valence-corrected chi connectivity index (χ2v) is 40.4. The Morgan fingerprint density at radius 2 is 0.257 bits per heavy atom. The van der Waals surface area contributed by atoms with Gasteiger partial charge >= 0.3 is 0 Å². The van der Waals surface area contributed by atoms with Crippen LogP contribution < -0.4 is 0 Å². The van der Waals surface area contributed by atoms with Crippen molar-refractivity contribution in [3.63, 3.8) is 0 Å². The van der Waals surface area contributed by atoms with Crippen LogP contribution in [0.3, 0.4) is 0 Å². The molecule has 20 aromatic carbocycles. The predicted molar refractivity (Wildman–Crippen MR) is 627 cm³/mol. The van der Waals surface area contributed by atoms with Crippen molar-refractivity contribution in [3.05, 3.63) is 534 Å². The molecule has 0 aliphatic heterocycles. The van der Waals surface area contributed by atoms with Crippen molar-refractivity contribution < 1.29 is 0 Å². The molecule has 28 aromatic rings. The van der Waals surface area contributed by atoms with Gasteiger partial charge in [-0.05, 0) is 138 Å². The van der Waals surface area contributed by atoms with E-state index in [0.29, 0.717) is 0 Å². The number of benzene rings is 20. The summed E-state index contributed by atoms with van der Waals surface area (Å²) >= 11 is 6.91. The third kappa shape index (κ3) is 18.8. The molecule has 0 atom stereocenters. The first kappa shape index (κ1) is 90.8. The van der Waals surface area contributed by atoms with Crippen molar-refractivity contribution in [3.8, 4) is 180 Å². The third-order valence-electron chi connectivity index (χ3n) is 26.9. The molecule has 12 heteroatoms. The van der Waals surface area contributed by atoms with Crippen LogP contribution in [0, 0.1) is 0 Å². The number of fused-ring (bicyclic) bond motifs is 12. The second-order valence-electron chi connectivity index (χ2n) is 36.3. The zero-order chi connectivity index (χ0) is 98.4. The minimum Gasteiger partial charge on any atom is -0.227 e. The Morgan fingerprint density at radius 3 is 0.486 bits per heavy atom. The SMILES string of the molecule is c1ccc(-c2ccc(-c3ccc(-c4nc(-c5ccccc5)c5c(n4)sc4ccccc45)cc3)cc2)cc1.c1ccc(-c2ccc(-c3cccc(-c4nc(-c5ccccc5)c5c(n4)sc4ccccc45)c3)cc2)cc1.c1ccc(-c2cccc(-c3ccc(-c4nc(-c5ccccc5)c5c(n4)sc4ccccc45)cc3)c2)cc1.c1ccc(-c2cccc(-c3cccc(-c4nc(-c5ccccc5)c5c(n4)sc4ccccc45)c3)c2)cc1. The van der Waals surface area contributed by atoms with Gasteiger partial charge in [-0.25, -0.2) is 39.9 Å². The molecule has 0 radical (unpaired) electrons. The normalized spacial score (nSPS) is 11.2. The average Bonchev–Trinajstić information content (AvgIpc) is 1.60. The van der Waals surface area contributed by atoms with E-state index in [1.807, 2.05) is 48.5 Å². The van der Waals surface area contributed by atoms with Crippen molar-refractivity contribution in [2.45, 2.75) is 0 Å². The van der Waals surface area contributed by atoms with E-state index in [-0.39, 0.29) is 0 Å². The molecule has 8 nitrogen and oxygen atoms in total. The molecule has 0 fully saturated rings. The highest BCUT2D eigenvalue weighted by Crippen LogP contribution is 2.47. The molecule has 8 aromatic heterocycles. The molecule has 0 bridgehead atoms. The number of thiophene rings is 4. The van der Waals surface area contributed by atoms with Crippen LogP contribution in [0.4, 0.5) is 0 Å². The molecule has 0 N–H and O–H groups in total. The Bertz CT molecular complexity index is 9660. The number of hydrogen-bond acceptors (Lipinski definition) is 12. The largest absolute Gasteiger partial charge is 0.227 e. The number of rotatable bonds is 16. The summed E-state index contributed by atoms with van der Waals surface area (Å²) in [4.78, 5) is 44.8. The zero-order valence-electron chi connectivity index (χ0n) is 80.0. The molecule has 696 valence electrons. The summed E-state index contributed by atoms with van der Waals surface area (Å²) in [6.45, 7) is 0. The maximum Gasteiger partial charge on any atom is 0.161 e. The number of aromatic nitrogens is 8. The molecule has 0 unspecified atom stereocenters. The summed E-state index contributed by atoms with van der Waals surface area (Å²) in [5, 5.41) is 9.35. The van der Waals surface area contributed by atoms with Crippen LogP contribution in [0.25, 0.3) is 261 Å². The number of nitrogens with zero attached hydrogens (tertiary/aromatic N) is 8. The molecule has 0 saturated carbocycles. The molecule has 0 spiro atoms. The lowest BCUT2D eigenvalue weighted by atomic mass is 9.98. The lowest BCUT2D eigenvalue weighted by Gasteiger charge is -2.10. The van der Waals surface area contributed by atoms with E-state index in [9.17, 15) is 0 Å². The zero-order valence-corrected chi connectivity index (χ0v) is 83.3. The van der Waals surface area contributed by atoms with Gasteiger partial charge < -0.3 is 0 Å². The van der Waals surface area contributed by atoms with Gasteiger partial charge in [-0.3, -0.25) is 0 Å². The van der Waals surface area contributed by atoms with Crippen LogP contribution in [-0.2, 0) is 0 Å². The van der Waals surface area contributed by atoms with Crippen molar-refractivity contribution in [1.82, 2.24) is 39.9 Å². The second kappa shape index (κ2) is 41.1. The van der Waals surface area contributed by atoms with Crippen LogP contribution in [-0.4, -0.2) is 39.9 Å². The van der Waals surface area contributed by atoms with Crippen molar-refractivity contribution >= 4 is 127 Å². The fraction of sp³-hybridized carbons (Fsp3) is 0. The van der Waals surface area contributed by atoms with Gasteiger partial charge in [-0.15, -0.1) is 45.3 Å². The van der Waals surface area contributed by atoms with Gasteiger partial charge in [0.2, 0.25) is 0 Å². The fourth-order valence-corrected chi connectivity index (χ4v) is 23.8. The van der Waals surface area contributed by atoms with E-state index in [2.05, 4.69) is 485 Å². The van der Waals surface area contributed by atoms with Crippen molar-refractivity contribution in [1.29, 1.82) is 0 Å². The summed E-state index contributed by atoms with van der Waals surface area (Å²) < 4.78 is 4.92. The van der Waals surface area contributed by atoms with Gasteiger partial charge in [0.05, 0.1) is 22.8 Å². The number of hydrogen-bond donors (Lipinski definition) is 0. The highest BCUT2D eigenvalue weighted by molar-refractivity contribution is 7.26. The van der Waals surface area contributed by atoms with Gasteiger partial charge in [0, 0.05) is 106 Å². The predicted octanol–water partition coefficient (Wildman–Crippen LogP) is 38.0. The third-order valence-corrected chi connectivity index (χ3v) is 31.2. The molecule has 148 heavy (non-hydrogen) atoms. The van der Waals surface area contributed by atoms with Gasteiger partial charge in [0.15, 0.2) is 23.3 Å². The first-order valence-electron chi connectivity index (χ1n) is 49.4. The van der Waals surface area contributed by atoms with Gasteiger partial charge in [-0.2, -0.15) is 0 Å². The van der Waals surface area contributed by atoms with Crippen LogP contribution in [0.15, 0.2) is 534 Å². The van der Waals surface area contributed by atoms with E-state index in [1.54, 1.807) is 45.3 Å². The van der Waals surface area contributed by atoms with E-state index in [4.69, 9.17) is 39.9 Å². The molecule has 8 heterocycles. The first-order valence-corrected chi connectivity index (χ1v) is 52.6. The Balaban J connectivity index is 0.000000103. The molecule has 28 rings (SSSR count). The molecule has 0 saturated heterocycles. The van der Waals surface area contributed by atoms with E-state index < -0.39 is 0 Å². The van der Waals surface area contributed by atoms with Gasteiger partial charge in [0.1, 0.15) is 19.3 Å². The van der Waals surface area contributed by atoms with E-state index >= 15 is 0 Å². The smallest absolute Gasteiger partial charge is 0.161 e. The molecule has 0 aliphatic carbocycles. The summed E-state index contributed by atoms with van der Waals surface area (Å²) in [5.41, 5.74) is 31.5. The van der Waals surface area contributed by atoms with Crippen LogP contribution in [0.5, 0.6) is 0 Å². The Kier molecular flexibility index (Phi) is 25.3. The summed E-state index contributed by atoms with van der Waals surface area (Å²) in [7, 11) is 0. The molecule has 0 aliphatic rings. The fourth-order valence-electron chi connectivity index (χ4n) is 19.5. The first-order chi connectivity index (χ1) is 73.3. The summed E-state index contributed by atoms with van der Waals surface area (Å²) in [6, 6.07) is 187. The van der Waals surface area contributed by atoms with Crippen molar-refractivity contribution in [2.75, 3.05) is 0 Å². The monoisotopic (exact) mass is 1960 g/mol. The van der Waals surface area contributed by atoms with Gasteiger partial charge in [-0.1, -0.05) is 485 Å². The van der Waals surface area contributed by atoms with Crippen LogP contribution >= 0.6 is 45.3 Å². The highest BCUT2D eigenvalue weighted by Gasteiger charge is 2.24. The van der Waals surface area contributed by atoms with Crippen LogP contribution in [0.2, 0.25) is 0 Å². The maximum atomic E-state index is 5.16. The quantitative estimate of drug-likeness (QED) is 0.0943. The summed E-state index contributed by atoms with van der Waals surface area (Å²) in [5.74, 6) is 3.01. The lowest BCUT2D eigenvalue weighted by Crippen LogP contribution is -1.94. The Labute approximate surface area is 872 Å². The summed E-state index contributed by atoms with van der Waals surface area (Å²) in [6.07, 6.45) is 0. The maximum absolute atomic E-state index is 5.16. The average molecular weight is 1960 g/mol. The topological polar surface area (TPSA) is 103 Å². The molecular formula is C136H88N8S4. The highest BCUT2D eigenvalue weighted by atomic mass is 32.1. The Morgan fingerprint density at radius 1 is 0.108 bits per heavy atom. The minimum atomic E-state index is 0.749. The van der Waals surface area contributed by atoms with E-state index in [0.717, 1.165) is 143 Å². The Hall–Kier alpha value is -18.4. The van der Waals surface area contributed by atoms with Gasteiger partial charge in [0.25, 0.3) is 0 Å². The lowest BCUT2D eigenvalue weighted by molar-refractivity contribution is 1.24. The molecular weight excluding hydrogens is 1870 g/mol. The minimum absolute atomic E-state index is 0.749. The van der Waals surface area contributed by atoms with Crippen LogP contribution in [0.1, 0.15) is 0 Å².